The van der Waals surface area contributed by atoms with Crippen LogP contribution in [0.4, 0.5) is 9.59 Å². The average molecular weight is 640 g/mol. The van der Waals surface area contributed by atoms with Gasteiger partial charge in [0.15, 0.2) is 0 Å². The van der Waals surface area contributed by atoms with Crippen LogP contribution in [0.2, 0.25) is 0 Å². The predicted octanol–water partition coefficient (Wildman–Crippen LogP) is 5.57. The number of carbonyl (C=O) groups is 2. The van der Waals surface area contributed by atoms with Crippen molar-refractivity contribution in [3.05, 3.63) is 71.8 Å². The predicted molar refractivity (Wildman–Crippen MR) is 127 cm³/mol. The summed E-state index contributed by atoms with van der Waals surface area (Å²) < 4.78 is 20.7. The highest BCUT2D eigenvalue weighted by atomic mass is 127. The van der Waals surface area contributed by atoms with Crippen molar-refractivity contribution in [1.29, 1.82) is 0 Å². The molecule has 1 saturated heterocycles. The topological polar surface area (TPSA) is 91.3 Å². The Kier molecular flexibility index (Phi) is 11.2. The molecular formula is C21H22I2O7. The van der Waals surface area contributed by atoms with Crippen LogP contribution in [0, 0.1) is 0 Å². The molecule has 3 atom stereocenters. The highest BCUT2D eigenvalue weighted by Gasteiger charge is 2.32. The summed E-state index contributed by atoms with van der Waals surface area (Å²) in [5.41, 5.74) is 1.80. The molecule has 0 amide bonds. The molecule has 0 aromatic heterocycles. The summed E-state index contributed by atoms with van der Waals surface area (Å²) in [6, 6.07) is 18.7. The molecule has 3 unspecified atom stereocenters. The maximum absolute atomic E-state index is 11.4. The number of benzene rings is 2. The quantitative estimate of drug-likeness (QED) is 0.251. The van der Waals surface area contributed by atoms with Gasteiger partial charge in [0.2, 0.25) is 0 Å². The van der Waals surface area contributed by atoms with Crippen LogP contribution in [0.3, 0.4) is 0 Å². The van der Waals surface area contributed by atoms with E-state index in [1.165, 1.54) is 0 Å². The smallest absolute Gasteiger partial charge is 0.450 e. The van der Waals surface area contributed by atoms with Crippen LogP contribution >= 0.6 is 45.2 Å². The molecule has 9 heteroatoms. The van der Waals surface area contributed by atoms with E-state index in [1.807, 2.05) is 60.7 Å². The third-order valence-corrected chi connectivity index (χ3v) is 7.59. The van der Waals surface area contributed by atoms with Crippen molar-refractivity contribution in [2.45, 2.75) is 33.8 Å². The van der Waals surface area contributed by atoms with E-state index >= 15 is 0 Å². The van der Waals surface area contributed by atoms with Gasteiger partial charge in [0.1, 0.15) is 23.9 Å². The molecule has 7 nitrogen and oxygen atoms in total. The lowest BCUT2D eigenvalue weighted by atomic mass is 10.2. The summed E-state index contributed by atoms with van der Waals surface area (Å²) in [6.45, 7) is 0.609. The number of carboxylic acid groups (broad SMARTS) is 1. The van der Waals surface area contributed by atoms with Crippen molar-refractivity contribution in [2.24, 2.45) is 0 Å². The first kappa shape index (κ1) is 24.7. The van der Waals surface area contributed by atoms with E-state index in [0.29, 0.717) is 3.92 Å². The fourth-order valence-electron chi connectivity index (χ4n) is 2.43. The summed E-state index contributed by atoms with van der Waals surface area (Å²) >= 11 is 4.60. The molecule has 2 aromatic rings. The molecule has 1 heterocycles. The number of halogens is 2. The van der Waals surface area contributed by atoms with E-state index in [0.717, 1.165) is 17.5 Å². The van der Waals surface area contributed by atoms with Gasteiger partial charge in [0.05, 0.1) is 6.10 Å². The second-order valence-corrected chi connectivity index (χ2v) is 9.06. The van der Waals surface area contributed by atoms with E-state index in [2.05, 4.69) is 49.9 Å². The van der Waals surface area contributed by atoms with Crippen LogP contribution < -0.4 is 0 Å². The normalized spacial score (nSPS) is 19.9. The first-order chi connectivity index (χ1) is 14.4. The van der Waals surface area contributed by atoms with Crippen molar-refractivity contribution >= 4 is 57.5 Å². The average Bonchev–Trinajstić information content (AvgIpc) is 3.08. The van der Waals surface area contributed by atoms with Gasteiger partial charge in [-0.15, -0.1) is 0 Å². The number of hydrogen-bond acceptors (Lipinski definition) is 6. The molecule has 0 aliphatic carbocycles. The van der Waals surface area contributed by atoms with Crippen molar-refractivity contribution < 1.29 is 33.6 Å². The van der Waals surface area contributed by atoms with Gasteiger partial charge in [-0.25, -0.2) is 9.59 Å². The van der Waals surface area contributed by atoms with E-state index in [9.17, 15) is 9.59 Å². The van der Waals surface area contributed by atoms with Gasteiger partial charge >= 0.3 is 12.3 Å². The minimum atomic E-state index is -1.24. The van der Waals surface area contributed by atoms with Crippen molar-refractivity contribution in [3.63, 3.8) is 0 Å². The summed E-state index contributed by atoms with van der Waals surface area (Å²) in [6.07, 6.45) is -1.00. The Balaban J connectivity index is 0.000000248. The molecule has 1 N–H and O–H groups in total. The number of ether oxygens (including phenoxy) is 4. The van der Waals surface area contributed by atoms with Gasteiger partial charge in [-0.1, -0.05) is 83.3 Å². The number of hydrogen-bond donors (Lipinski definition) is 1. The molecule has 3 rings (SSSR count). The van der Waals surface area contributed by atoms with Gasteiger partial charge in [-0.2, -0.15) is 0 Å². The Bertz CT molecular complexity index is 763. The van der Waals surface area contributed by atoms with E-state index < -0.39 is 12.3 Å². The molecule has 0 radical (unpaired) electrons. The van der Waals surface area contributed by atoms with Gasteiger partial charge in [-0.05, 0) is 40.1 Å². The summed E-state index contributed by atoms with van der Waals surface area (Å²) in [7, 11) is 0. The second-order valence-electron chi connectivity index (χ2n) is 6.24. The zero-order chi connectivity index (χ0) is 21.8. The molecule has 1 aliphatic rings. The third-order valence-electron chi connectivity index (χ3n) is 3.89. The standard InChI is InChI=1S/C13H14I2O4.C8H8O3/c14-11-6-10(19-12(11)15)8-18-13(16)17-7-9-4-2-1-3-5-9;9-8(10)11-6-7-4-2-1-3-5-7/h1-5,10-12H,6-8H2;1-5H,6H2,(H,9,10). The molecule has 162 valence electrons. The zero-order valence-corrected chi connectivity index (χ0v) is 20.3. The third kappa shape index (κ3) is 9.94. The minimum absolute atomic E-state index is 0.0203. The van der Waals surface area contributed by atoms with E-state index in [1.54, 1.807) is 0 Å². The lowest BCUT2D eigenvalue weighted by Crippen LogP contribution is -2.19. The Morgan fingerprint density at radius 1 is 0.900 bits per heavy atom. The summed E-state index contributed by atoms with van der Waals surface area (Å²) in [4.78, 5) is 21.4. The van der Waals surface area contributed by atoms with Crippen molar-refractivity contribution in [2.75, 3.05) is 6.61 Å². The van der Waals surface area contributed by atoms with Gasteiger partial charge in [0, 0.05) is 3.92 Å². The second kappa shape index (κ2) is 13.7. The SMILES string of the molecule is O=C(O)OCc1ccccc1.O=C(OCc1ccccc1)OCC1CC(I)C(I)O1. The van der Waals surface area contributed by atoms with Crippen LogP contribution in [-0.4, -0.2) is 38.2 Å². The first-order valence-corrected chi connectivity index (χ1v) is 11.6. The Labute approximate surface area is 202 Å². The maximum atomic E-state index is 11.4. The fourth-order valence-corrected chi connectivity index (χ4v) is 3.87. The number of rotatable bonds is 6. The largest absolute Gasteiger partial charge is 0.508 e. The molecule has 0 spiro atoms. The molecule has 2 aromatic carbocycles. The fraction of sp³-hybridized carbons (Fsp3) is 0.333. The zero-order valence-electron chi connectivity index (χ0n) is 16.0. The number of carbonyl (C=O) groups excluding carboxylic acids is 1. The summed E-state index contributed by atoms with van der Waals surface area (Å²) in [5, 5.41) is 8.15. The van der Waals surface area contributed by atoms with Crippen LogP contribution in [0.5, 0.6) is 0 Å². The molecule has 1 fully saturated rings. The van der Waals surface area contributed by atoms with Crippen LogP contribution in [-0.2, 0) is 32.2 Å². The molecule has 0 bridgehead atoms. The minimum Gasteiger partial charge on any atom is -0.450 e. The van der Waals surface area contributed by atoms with Crippen molar-refractivity contribution in [3.8, 4) is 0 Å². The monoisotopic (exact) mass is 640 g/mol. The van der Waals surface area contributed by atoms with Crippen molar-refractivity contribution in [1.82, 2.24) is 0 Å². The van der Waals surface area contributed by atoms with Gasteiger partial charge in [0.25, 0.3) is 0 Å². The summed E-state index contributed by atoms with van der Waals surface area (Å²) in [5.74, 6) is 0. The highest BCUT2D eigenvalue weighted by Crippen LogP contribution is 2.31. The lowest BCUT2D eigenvalue weighted by Gasteiger charge is -2.11. The highest BCUT2D eigenvalue weighted by molar-refractivity contribution is 14.1. The first-order valence-electron chi connectivity index (χ1n) is 9.10. The molecule has 1 aliphatic heterocycles. The maximum Gasteiger partial charge on any atom is 0.508 e. The van der Waals surface area contributed by atoms with Crippen LogP contribution in [0.1, 0.15) is 17.5 Å². The molecule has 30 heavy (non-hydrogen) atoms. The van der Waals surface area contributed by atoms with E-state index in [-0.39, 0.29) is 30.0 Å². The van der Waals surface area contributed by atoms with E-state index in [4.69, 9.17) is 19.3 Å². The lowest BCUT2D eigenvalue weighted by molar-refractivity contribution is 0.00261. The Morgan fingerprint density at radius 2 is 1.43 bits per heavy atom. The number of alkyl halides is 2. The Morgan fingerprint density at radius 3 is 1.90 bits per heavy atom. The van der Waals surface area contributed by atoms with Gasteiger partial charge < -0.3 is 24.1 Å². The van der Waals surface area contributed by atoms with Crippen LogP contribution in [0.25, 0.3) is 0 Å². The Hall–Kier alpha value is -1.60. The van der Waals surface area contributed by atoms with Gasteiger partial charge in [-0.3, -0.25) is 0 Å². The van der Waals surface area contributed by atoms with Crippen LogP contribution in [0.15, 0.2) is 60.7 Å². The molecule has 0 saturated carbocycles. The molecular weight excluding hydrogens is 618 g/mol.